The number of carbonyl (C=O) groups excluding carboxylic acids is 2. The van der Waals surface area contributed by atoms with Crippen molar-refractivity contribution in [1.29, 1.82) is 0 Å². The molecule has 0 radical (unpaired) electrons. The summed E-state index contributed by atoms with van der Waals surface area (Å²) >= 11 is 0. The molecule has 0 bridgehead atoms. The first-order valence-electron chi connectivity index (χ1n) is 19.0. The maximum absolute atomic E-state index is 12.5. The summed E-state index contributed by atoms with van der Waals surface area (Å²) in [6, 6.07) is 0. The molecule has 0 aromatic heterocycles. The van der Waals surface area contributed by atoms with E-state index in [1.54, 1.807) is 6.08 Å². The molecule has 0 fully saturated rings. The lowest BCUT2D eigenvalue weighted by Gasteiger charge is -2.20. The van der Waals surface area contributed by atoms with Crippen LogP contribution in [0.15, 0.2) is 85.1 Å². The number of unbranched alkanes of at least 4 members (excludes halogenated alkanes) is 7. The lowest BCUT2D eigenvalue weighted by atomic mass is 10.1. The number of allylic oxidation sites excluding steroid dienone is 13. The highest BCUT2D eigenvalue weighted by molar-refractivity contribution is 7.47. The Morgan fingerprint density at radius 3 is 1.69 bits per heavy atom. The number of esters is 2. The van der Waals surface area contributed by atoms with E-state index in [2.05, 4.69) is 79.1 Å². The molecule has 0 aliphatic rings. The summed E-state index contributed by atoms with van der Waals surface area (Å²) in [4.78, 5) is 34.8. The molecular weight excluding hydrogens is 683 g/mol. The van der Waals surface area contributed by atoms with Gasteiger partial charge in [-0.15, -0.1) is 0 Å². The number of phosphoric acid groups is 1. The highest BCUT2D eigenvalue weighted by atomic mass is 31.2. The molecule has 3 atom stereocenters. The van der Waals surface area contributed by atoms with Crippen LogP contribution in [0.25, 0.3) is 0 Å². The lowest BCUT2D eigenvalue weighted by Crippen LogP contribution is -2.29. The number of carbonyl (C=O) groups is 2. The van der Waals surface area contributed by atoms with Gasteiger partial charge in [0.2, 0.25) is 0 Å². The number of aliphatic hydroxyl groups excluding tert-OH is 2. The van der Waals surface area contributed by atoms with Gasteiger partial charge in [0, 0.05) is 6.42 Å². The van der Waals surface area contributed by atoms with E-state index in [1.165, 1.54) is 12.8 Å². The van der Waals surface area contributed by atoms with Gasteiger partial charge < -0.3 is 24.6 Å². The van der Waals surface area contributed by atoms with Gasteiger partial charge in [0.15, 0.2) is 6.10 Å². The van der Waals surface area contributed by atoms with Gasteiger partial charge in [-0.25, -0.2) is 4.57 Å². The van der Waals surface area contributed by atoms with Crippen molar-refractivity contribution in [1.82, 2.24) is 0 Å². The SMILES string of the molecule is CC/C=C\C/C=C\C/C=C\C/C=C\C/C=C\CC(=O)OC(COC(=O)CCCCCCC/C=C\C/C=C\CCCC)COP(=O)(O)OCC(O)CO. The second kappa shape index (κ2) is 36.5. The number of rotatable bonds is 34. The number of ether oxygens (including phenoxy) is 2. The molecule has 0 amide bonds. The van der Waals surface area contributed by atoms with Crippen LogP contribution in [-0.2, 0) is 32.7 Å². The van der Waals surface area contributed by atoms with Crippen molar-refractivity contribution in [2.24, 2.45) is 0 Å². The summed E-state index contributed by atoms with van der Waals surface area (Å²) < 4.78 is 32.4. The molecule has 0 saturated heterocycles. The molecule has 0 spiro atoms. The summed E-state index contributed by atoms with van der Waals surface area (Å²) in [5, 5.41) is 18.3. The third-order valence-corrected chi connectivity index (χ3v) is 8.27. The highest BCUT2D eigenvalue weighted by Crippen LogP contribution is 2.43. The molecule has 52 heavy (non-hydrogen) atoms. The normalized spacial score (nSPS) is 14.9. The van der Waals surface area contributed by atoms with Crippen LogP contribution in [-0.4, -0.2) is 65.7 Å². The minimum absolute atomic E-state index is 0.0557. The Balaban J connectivity index is 4.56. The van der Waals surface area contributed by atoms with Crippen molar-refractivity contribution < 1.29 is 47.8 Å². The standard InChI is InChI=1S/C41H67O10P/c1-3-5-7-9-11-13-15-17-19-21-23-25-27-29-31-33-41(45)51-39(37-50-52(46,47)49-35-38(43)34-42)36-48-40(44)32-30-28-26-24-22-20-18-16-14-12-10-8-6-4-2/h5,7,10-13,16-19,23,25,29,31,38-39,42-43H,3-4,6,8-9,14-15,20-22,24,26-28,30,32-37H2,1-2H3,(H,46,47)/b7-5-,12-10-,13-11-,18-16-,19-17-,25-23-,31-29-. The van der Waals surface area contributed by atoms with E-state index >= 15 is 0 Å². The zero-order valence-electron chi connectivity index (χ0n) is 31.7. The molecular formula is C41H67O10P. The summed E-state index contributed by atoms with van der Waals surface area (Å²) in [6.45, 7) is 2.05. The molecule has 296 valence electrons. The predicted octanol–water partition coefficient (Wildman–Crippen LogP) is 9.49. The molecule has 0 heterocycles. The Kier molecular flexibility index (Phi) is 34.5. The molecule has 0 saturated carbocycles. The molecule has 3 N–H and O–H groups in total. The summed E-state index contributed by atoms with van der Waals surface area (Å²) in [5.74, 6) is -1.10. The van der Waals surface area contributed by atoms with E-state index < -0.39 is 51.8 Å². The van der Waals surface area contributed by atoms with E-state index in [0.29, 0.717) is 12.8 Å². The van der Waals surface area contributed by atoms with Crippen LogP contribution < -0.4 is 0 Å². The third-order valence-electron chi connectivity index (χ3n) is 7.32. The van der Waals surface area contributed by atoms with Gasteiger partial charge in [-0.05, 0) is 64.2 Å². The van der Waals surface area contributed by atoms with Crippen molar-refractivity contribution in [2.75, 3.05) is 26.4 Å². The first kappa shape index (κ1) is 49.1. The van der Waals surface area contributed by atoms with Gasteiger partial charge in [0.25, 0.3) is 0 Å². The predicted molar refractivity (Wildman–Crippen MR) is 209 cm³/mol. The Hall–Kier alpha value is -2.85. The summed E-state index contributed by atoms with van der Waals surface area (Å²) in [5.41, 5.74) is 0. The lowest BCUT2D eigenvalue weighted by molar-refractivity contribution is -0.160. The molecule has 0 aliphatic heterocycles. The number of aliphatic hydroxyl groups is 2. The summed E-state index contributed by atoms with van der Waals surface area (Å²) in [7, 11) is -4.65. The first-order chi connectivity index (χ1) is 25.2. The monoisotopic (exact) mass is 750 g/mol. The molecule has 11 heteroatoms. The van der Waals surface area contributed by atoms with Crippen molar-refractivity contribution in [3.05, 3.63) is 85.1 Å². The average molecular weight is 751 g/mol. The minimum Gasteiger partial charge on any atom is -0.462 e. The first-order valence-corrected chi connectivity index (χ1v) is 20.5. The van der Waals surface area contributed by atoms with Gasteiger partial charge in [0.1, 0.15) is 12.7 Å². The topological polar surface area (TPSA) is 149 Å². The Morgan fingerprint density at radius 2 is 1.12 bits per heavy atom. The summed E-state index contributed by atoms with van der Waals surface area (Å²) in [6.07, 6.45) is 41.5. The van der Waals surface area contributed by atoms with E-state index in [1.807, 2.05) is 18.2 Å². The van der Waals surface area contributed by atoms with E-state index in [-0.39, 0.29) is 19.4 Å². The minimum atomic E-state index is -4.65. The van der Waals surface area contributed by atoms with Crippen LogP contribution in [0, 0.1) is 0 Å². The van der Waals surface area contributed by atoms with Crippen LogP contribution in [0.2, 0.25) is 0 Å². The van der Waals surface area contributed by atoms with E-state index in [0.717, 1.165) is 70.6 Å². The zero-order chi connectivity index (χ0) is 38.4. The third kappa shape index (κ3) is 35.5. The smallest absolute Gasteiger partial charge is 0.462 e. The van der Waals surface area contributed by atoms with Gasteiger partial charge in [-0.3, -0.25) is 18.6 Å². The van der Waals surface area contributed by atoms with E-state index in [9.17, 15) is 24.2 Å². The van der Waals surface area contributed by atoms with Crippen molar-refractivity contribution in [3.8, 4) is 0 Å². The quantitative estimate of drug-likeness (QED) is 0.0251. The van der Waals surface area contributed by atoms with Crippen LogP contribution in [0.3, 0.4) is 0 Å². The van der Waals surface area contributed by atoms with Crippen LogP contribution in [0.5, 0.6) is 0 Å². The Labute approximate surface area is 313 Å². The maximum atomic E-state index is 12.5. The van der Waals surface area contributed by atoms with Crippen molar-refractivity contribution in [2.45, 2.75) is 135 Å². The van der Waals surface area contributed by atoms with E-state index in [4.69, 9.17) is 19.1 Å². The van der Waals surface area contributed by atoms with Crippen LogP contribution in [0.4, 0.5) is 0 Å². The molecule has 0 aromatic rings. The molecule has 3 unspecified atom stereocenters. The number of phosphoric ester groups is 1. The molecule has 0 aliphatic carbocycles. The second-order valence-electron chi connectivity index (χ2n) is 12.2. The zero-order valence-corrected chi connectivity index (χ0v) is 32.6. The number of hydrogen-bond donors (Lipinski definition) is 3. The molecule has 0 rings (SSSR count). The maximum Gasteiger partial charge on any atom is 0.472 e. The second-order valence-corrected chi connectivity index (χ2v) is 13.7. The Bertz CT molecular complexity index is 1140. The molecule has 0 aromatic carbocycles. The fraction of sp³-hybridized carbons (Fsp3) is 0.610. The average Bonchev–Trinajstić information content (AvgIpc) is 3.13. The van der Waals surface area contributed by atoms with Crippen molar-refractivity contribution >= 4 is 19.8 Å². The van der Waals surface area contributed by atoms with Gasteiger partial charge in [-0.1, -0.05) is 131 Å². The van der Waals surface area contributed by atoms with Gasteiger partial charge >= 0.3 is 19.8 Å². The van der Waals surface area contributed by atoms with Gasteiger partial charge in [-0.2, -0.15) is 0 Å². The highest BCUT2D eigenvalue weighted by Gasteiger charge is 2.27. The molecule has 10 nitrogen and oxygen atoms in total. The van der Waals surface area contributed by atoms with Crippen LogP contribution >= 0.6 is 7.82 Å². The van der Waals surface area contributed by atoms with Crippen LogP contribution in [0.1, 0.15) is 123 Å². The fourth-order valence-electron chi connectivity index (χ4n) is 4.38. The fourth-order valence-corrected chi connectivity index (χ4v) is 5.17. The van der Waals surface area contributed by atoms with Crippen molar-refractivity contribution in [3.63, 3.8) is 0 Å². The largest absolute Gasteiger partial charge is 0.472 e. The number of hydrogen-bond acceptors (Lipinski definition) is 9. The Morgan fingerprint density at radius 1 is 0.615 bits per heavy atom. The van der Waals surface area contributed by atoms with Gasteiger partial charge in [0.05, 0.1) is 26.2 Å².